The van der Waals surface area contributed by atoms with Gasteiger partial charge in [-0.25, -0.2) is 10.2 Å². The lowest BCUT2D eigenvalue weighted by atomic mass is 10.1. The Kier molecular flexibility index (Phi) is 5.79. The number of hydrogen-bond donors (Lipinski definition) is 3. The maximum atomic E-state index is 12.2. The number of carbonyl (C=O) groups excluding carboxylic acids is 2. The second-order valence-electron chi connectivity index (χ2n) is 4.71. The molecule has 0 radical (unpaired) electrons. The van der Waals surface area contributed by atoms with Crippen LogP contribution in [0.3, 0.4) is 0 Å². The van der Waals surface area contributed by atoms with Crippen molar-refractivity contribution in [2.75, 3.05) is 5.32 Å². The number of anilines is 2. The normalized spacial score (nSPS) is 10.8. The van der Waals surface area contributed by atoms with Crippen LogP contribution in [0.25, 0.3) is 0 Å². The van der Waals surface area contributed by atoms with Gasteiger partial charge in [0, 0.05) is 5.69 Å². The zero-order valence-electron chi connectivity index (χ0n) is 12.6. The van der Waals surface area contributed by atoms with Gasteiger partial charge in [0.2, 0.25) is 0 Å². The minimum atomic E-state index is -1.36. The summed E-state index contributed by atoms with van der Waals surface area (Å²) >= 11 is 0. The molecule has 7 nitrogen and oxygen atoms in total. The minimum absolute atomic E-state index is 0.293. The van der Waals surface area contributed by atoms with Gasteiger partial charge in [-0.05, 0) is 24.3 Å². The zero-order chi connectivity index (χ0) is 17.4. The summed E-state index contributed by atoms with van der Waals surface area (Å²) in [6, 6.07) is 16.0. The van der Waals surface area contributed by atoms with E-state index >= 15 is 0 Å². The monoisotopic (exact) mass is 325 g/mol. The minimum Gasteiger partial charge on any atom is -0.477 e. The van der Waals surface area contributed by atoms with Crippen LogP contribution in [0.5, 0.6) is 0 Å². The number of carboxylic acid groups (broad SMARTS) is 1. The highest BCUT2D eigenvalue weighted by atomic mass is 16.4. The van der Waals surface area contributed by atoms with Crippen molar-refractivity contribution in [3.8, 4) is 0 Å². The Morgan fingerprint density at radius 3 is 2.38 bits per heavy atom. The van der Waals surface area contributed by atoms with Crippen molar-refractivity contribution in [1.29, 1.82) is 0 Å². The second kappa shape index (κ2) is 8.23. The quantitative estimate of drug-likeness (QED) is 0.411. The van der Waals surface area contributed by atoms with Crippen LogP contribution in [0.1, 0.15) is 16.8 Å². The molecule has 0 spiro atoms. The molecule has 3 N–H and O–H groups in total. The molecular formula is C17H15N3O4. The molecule has 0 bridgehead atoms. The molecule has 0 heterocycles. The largest absolute Gasteiger partial charge is 0.477 e. The van der Waals surface area contributed by atoms with E-state index in [2.05, 4.69) is 15.8 Å². The molecule has 0 aliphatic heterocycles. The third-order valence-electron chi connectivity index (χ3n) is 3.04. The molecule has 0 aliphatic rings. The number of aliphatic carboxylic acids is 1. The Morgan fingerprint density at radius 1 is 1.04 bits per heavy atom. The molecule has 7 heteroatoms. The highest BCUT2D eigenvalue weighted by Gasteiger charge is 2.13. The first kappa shape index (κ1) is 16.9. The van der Waals surface area contributed by atoms with Gasteiger partial charge in [-0.2, -0.15) is 5.10 Å². The molecule has 0 saturated carbocycles. The van der Waals surface area contributed by atoms with E-state index in [4.69, 9.17) is 5.11 Å². The van der Waals surface area contributed by atoms with Crippen LogP contribution < -0.4 is 10.7 Å². The highest BCUT2D eigenvalue weighted by Crippen LogP contribution is 2.20. The molecule has 2 rings (SSSR count). The van der Waals surface area contributed by atoms with Crippen molar-refractivity contribution in [2.45, 2.75) is 6.42 Å². The van der Waals surface area contributed by atoms with E-state index in [1.807, 2.05) is 30.3 Å². The number of hydrazone groups is 1. The summed E-state index contributed by atoms with van der Waals surface area (Å²) in [4.78, 5) is 33.6. The number of para-hydroxylation sites is 2. The number of aldehydes is 1. The van der Waals surface area contributed by atoms with Gasteiger partial charge in [0.1, 0.15) is 6.29 Å². The van der Waals surface area contributed by atoms with Crippen LogP contribution >= 0.6 is 0 Å². The summed E-state index contributed by atoms with van der Waals surface area (Å²) < 4.78 is 0. The average Bonchev–Trinajstić information content (AvgIpc) is 2.59. The maximum absolute atomic E-state index is 12.2. The number of carboxylic acids is 1. The molecule has 24 heavy (non-hydrogen) atoms. The van der Waals surface area contributed by atoms with E-state index < -0.39 is 17.6 Å². The Bertz CT molecular complexity index is 772. The van der Waals surface area contributed by atoms with Crippen LogP contribution in [0.4, 0.5) is 11.4 Å². The summed E-state index contributed by atoms with van der Waals surface area (Å²) in [5.74, 6) is -1.95. The first-order chi connectivity index (χ1) is 11.6. The topological polar surface area (TPSA) is 108 Å². The first-order valence-corrected chi connectivity index (χ1v) is 7.06. The van der Waals surface area contributed by atoms with E-state index in [0.29, 0.717) is 17.5 Å². The molecule has 2 aromatic carbocycles. The predicted molar refractivity (Wildman–Crippen MR) is 89.4 cm³/mol. The lowest BCUT2D eigenvalue weighted by Gasteiger charge is -2.11. The summed E-state index contributed by atoms with van der Waals surface area (Å²) in [5.41, 5.74) is 3.36. The van der Waals surface area contributed by atoms with Crippen molar-refractivity contribution in [3.63, 3.8) is 0 Å². The van der Waals surface area contributed by atoms with Crippen LogP contribution in [-0.4, -0.2) is 29.0 Å². The predicted octanol–water partition coefficient (Wildman–Crippen LogP) is 2.19. The van der Waals surface area contributed by atoms with Crippen LogP contribution in [0.15, 0.2) is 59.7 Å². The van der Waals surface area contributed by atoms with Gasteiger partial charge in [-0.15, -0.1) is 0 Å². The Morgan fingerprint density at radius 2 is 1.71 bits per heavy atom. The van der Waals surface area contributed by atoms with Crippen LogP contribution in [-0.2, 0) is 9.59 Å². The smallest absolute Gasteiger partial charge is 0.352 e. The molecule has 0 aromatic heterocycles. The fraction of sp³-hybridized carbons (Fsp3) is 0.0588. The third kappa shape index (κ3) is 4.51. The third-order valence-corrected chi connectivity index (χ3v) is 3.04. The number of carbonyl (C=O) groups is 3. The zero-order valence-corrected chi connectivity index (χ0v) is 12.6. The Labute approximate surface area is 138 Å². The number of amides is 1. The molecule has 0 saturated heterocycles. The van der Waals surface area contributed by atoms with Crippen molar-refractivity contribution in [3.05, 3.63) is 60.2 Å². The van der Waals surface area contributed by atoms with E-state index in [1.165, 1.54) is 0 Å². The Hall–Kier alpha value is -3.48. The summed E-state index contributed by atoms with van der Waals surface area (Å²) in [7, 11) is 0. The SMILES string of the molecule is O=CCC(=NNC(=O)c1ccccc1Nc1ccccc1)C(=O)O. The van der Waals surface area contributed by atoms with Crippen molar-refractivity contribution >= 4 is 35.2 Å². The maximum Gasteiger partial charge on any atom is 0.352 e. The lowest BCUT2D eigenvalue weighted by Crippen LogP contribution is -2.24. The lowest BCUT2D eigenvalue weighted by molar-refractivity contribution is -0.129. The van der Waals surface area contributed by atoms with Gasteiger partial charge in [-0.3, -0.25) is 4.79 Å². The molecule has 1 amide bonds. The average molecular weight is 325 g/mol. The van der Waals surface area contributed by atoms with E-state index in [0.717, 1.165) is 5.69 Å². The van der Waals surface area contributed by atoms with Gasteiger partial charge in [0.25, 0.3) is 5.91 Å². The molecular weight excluding hydrogens is 310 g/mol. The standard InChI is InChI=1S/C17H15N3O4/c21-11-10-15(17(23)24)19-20-16(22)13-8-4-5-9-14(13)18-12-6-2-1-3-7-12/h1-9,11,18H,10H2,(H,20,22)(H,23,24). The number of benzene rings is 2. The van der Waals surface area contributed by atoms with E-state index in [1.54, 1.807) is 24.3 Å². The van der Waals surface area contributed by atoms with Crippen molar-refractivity contribution in [1.82, 2.24) is 5.43 Å². The second-order valence-corrected chi connectivity index (χ2v) is 4.71. The van der Waals surface area contributed by atoms with Crippen LogP contribution in [0.2, 0.25) is 0 Å². The van der Waals surface area contributed by atoms with Gasteiger partial charge in [-0.1, -0.05) is 30.3 Å². The molecule has 0 unspecified atom stereocenters. The van der Waals surface area contributed by atoms with Gasteiger partial charge >= 0.3 is 5.97 Å². The number of nitrogens with zero attached hydrogens (tertiary/aromatic N) is 1. The van der Waals surface area contributed by atoms with Crippen LogP contribution in [0, 0.1) is 0 Å². The molecule has 0 aliphatic carbocycles. The van der Waals surface area contributed by atoms with Gasteiger partial charge in [0.15, 0.2) is 5.71 Å². The number of hydrogen-bond acceptors (Lipinski definition) is 5. The summed E-state index contributed by atoms with van der Waals surface area (Å²) in [6.07, 6.45) is 0.0174. The van der Waals surface area contributed by atoms with E-state index in [-0.39, 0.29) is 6.42 Å². The molecule has 122 valence electrons. The fourth-order valence-corrected chi connectivity index (χ4v) is 1.91. The highest BCUT2D eigenvalue weighted by molar-refractivity contribution is 6.37. The Balaban J connectivity index is 2.19. The van der Waals surface area contributed by atoms with E-state index in [9.17, 15) is 14.4 Å². The summed E-state index contributed by atoms with van der Waals surface area (Å²) in [5, 5.41) is 15.5. The molecule has 0 fully saturated rings. The fourth-order valence-electron chi connectivity index (χ4n) is 1.91. The first-order valence-electron chi connectivity index (χ1n) is 7.06. The van der Waals surface area contributed by atoms with Crippen molar-refractivity contribution in [2.24, 2.45) is 5.10 Å². The van der Waals surface area contributed by atoms with Gasteiger partial charge in [0.05, 0.1) is 17.7 Å². The summed E-state index contributed by atoms with van der Waals surface area (Å²) in [6.45, 7) is 0. The molecule has 2 aromatic rings. The number of rotatable bonds is 7. The van der Waals surface area contributed by atoms with Crippen molar-refractivity contribution < 1.29 is 19.5 Å². The molecule has 0 atom stereocenters. The number of nitrogens with one attached hydrogen (secondary N) is 2. The van der Waals surface area contributed by atoms with Gasteiger partial charge < -0.3 is 15.2 Å².